The van der Waals surface area contributed by atoms with Crippen molar-refractivity contribution < 1.29 is 8.42 Å². The van der Waals surface area contributed by atoms with Gasteiger partial charge in [-0.2, -0.15) is 0 Å². The molecule has 0 bridgehead atoms. The molecule has 0 radical (unpaired) electrons. The van der Waals surface area contributed by atoms with E-state index in [2.05, 4.69) is 23.0 Å². The minimum atomic E-state index is -3.41. The lowest BCUT2D eigenvalue weighted by atomic mass is 10.1. The predicted molar refractivity (Wildman–Crippen MR) is 83.7 cm³/mol. The van der Waals surface area contributed by atoms with Crippen molar-refractivity contribution in [1.29, 1.82) is 0 Å². The Hall–Kier alpha value is -0.910. The van der Waals surface area contributed by atoms with E-state index < -0.39 is 10.0 Å². The molecule has 21 heavy (non-hydrogen) atoms. The average molecular weight is 308 g/mol. The fourth-order valence-corrected chi connectivity index (χ4v) is 4.30. The van der Waals surface area contributed by atoms with Gasteiger partial charge in [0.05, 0.1) is 4.90 Å². The molecule has 5 heteroatoms. The van der Waals surface area contributed by atoms with Crippen LogP contribution in [0, 0.1) is 19.8 Å². The lowest BCUT2D eigenvalue weighted by Crippen LogP contribution is -2.28. The summed E-state index contributed by atoms with van der Waals surface area (Å²) >= 11 is 0. The molecule has 0 spiro atoms. The second-order valence-electron chi connectivity index (χ2n) is 6.63. The Labute approximate surface area is 127 Å². The molecule has 116 valence electrons. The Morgan fingerprint density at radius 2 is 1.90 bits per heavy atom. The third-order valence-corrected chi connectivity index (χ3v) is 6.17. The van der Waals surface area contributed by atoms with Crippen molar-refractivity contribution in [3.05, 3.63) is 28.8 Å². The monoisotopic (exact) mass is 308 g/mol. The number of rotatable bonds is 6. The van der Waals surface area contributed by atoms with Gasteiger partial charge in [-0.3, -0.25) is 0 Å². The Kier molecular flexibility index (Phi) is 3.84. The summed E-state index contributed by atoms with van der Waals surface area (Å²) < 4.78 is 28.0. The minimum absolute atomic E-state index is 0.114. The van der Waals surface area contributed by atoms with Crippen LogP contribution in [0.3, 0.4) is 0 Å². The van der Waals surface area contributed by atoms with Crippen LogP contribution in [0.15, 0.2) is 17.0 Å². The van der Waals surface area contributed by atoms with Crippen LogP contribution in [0.25, 0.3) is 0 Å². The second kappa shape index (κ2) is 5.38. The van der Waals surface area contributed by atoms with Gasteiger partial charge in [0.25, 0.3) is 0 Å². The van der Waals surface area contributed by atoms with Crippen molar-refractivity contribution in [2.75, 3.05) is 0 Å². The largest absolute Gasteiger partial charge is 0.310 e. The van der Waals surface area contributed by atoms with Crippen molar-refractivity contribution >= 4 is 10.0 Å². The molecule has 2 saturated carbocycles. The zero-order valence-electron chi connectivity index (χ0n) is 12.9. The summed E-state index contributed by atoms with van der Waals surface area (Å²) in [6.07, 6.45) is 3.41. The number of benzene rings is 1. The smallest absolute Gasteiger partial charge is 0.241 e. The van der Waals surface area contributed by atoms with Crippen LogP contribution < -0.4 is 10.0 Å². The molecule has 2 atom stereocenters. The second-order valence-corrected chi connectivity index (χ2v) is 8.31. The van der Waals surface area contributed by atoms with Crippen molar-refractivity contribution in [2.24, 2.45) is 5.92 Å². The summed E-state index contributed by atoms with van der Waals surface area (Å²) in [6.45, 7) is 6.68. The van der Waals surface area contributed by atoms with E-state index in [4.69, 9.17) is 0 Å². The van der Waals surface area contributed by atoms with Gasteiger partial charge in [0.15, 0.2) is 0 Å². The number of nitrogens with one attached hydrogen (secondary N) is 2. The van der Waals surface area contributed by atoms with Gasteiger partial charge in [-0.1, -0.05) is 13.0 Å². The van der Waals surface area contributed by atoms with Gasteiger partial charge in [-0.05, 0) is 61.8 Å². The highest BCUT2D eigenvalue weighted by Gasteiger charge is 2.37. The molecule has 0 aliphatic heterocycles. The third-order valence-electron chi connectivity index (χ3n) is 4.56. The van der Waals surface area contributed by atoms with Crippen molar-refractivity contribution in [2.45, 2.75) is 63.6 Å². The van der Waals surface area contributed by atoms with Crippen LogP contribution in [0.4, 0.5) is 0 Å². The topological polar surface area (TPSA) is 58.2 Å². The Morgan fingerprint density at radius 1 is 1.24 bits per heavy atom. The van der Waals surface area contributed by atoms with E-state index >= 15 is 0 Å². The molecule has 1 aromatic carbocycles. The van der Waals surface area contributed by atoms with Crippen LogP contribution in [-0.4, -0.2) is 20.5 Å². The zero-order chi connectivity index (χ0) is 15.2. The summed E-state index contributed by atoms with van der Waals surface area (Å²) in [4.78, 5) is 0.439. The van der Waals surface area contributed by atoms with E-state index in [-0.39, 0.29) is 6.04 Å². The first-order valence-corrected chi connectivity index (χ1v) is 9.21. The minimum Gasteiger partial charge on any atom is -0.310 e. The van der Waals surface area contributed by atoms with Gasteiger partial charge in [-0.15, -0.1) is 0 Å². The molecule has 3 rings (SSSR count). The first-order chi connectivity index (χ1) is 9.87. The van der Waals surface area contributed by atoms with E-state index in [0.717, 1.165) is 29.7 Å². The molecule has 2 N–H and O–H groups in total. The number of sulfonamides is 1. The highest BCUT2D eigenvalue weighted by molar-refractivity contribution is 7.89. The highest BCUT2D eigenvalue weighted by Crippen LogP contribution is 2.31. The average Bonchev–Trinajstić information content (AvgIpc) is 3.30. The van der Waals surface area contributed by atoms with Gasteiger partial charge >= 0.3 is 0 Å². The third kappa shape index (κ3) is 3.47. The highest BCUT2D eigenvalue weighted by atomic mass is 32.2. The van der Waals surface area contributed by atoms with Gasteiger partial charge in [0.1, 0.15) is 0 Å². The summed E-state index contributed by atoms with van der Waals surface area (Å²) in [6, 6.07) is 4.65. The molecule has 4 nitrogen and oxygen atoms in total. The maximum Gasteiger partial charge on any atom is 0.241 e. The Bertz CT molecular complexity index is 650. The molecule has 0 amide bonds. The summed E-state index contributed by atoms with van der Waals surface area (Å²) in [5.74, 6) is 0.459. The quantitative estimate of drug-likeness (QED) is 0.847. The number of aryl methyl sites for hydroxylation is 1. The Morgan fingerprint density at radius 3 is 2.48 bits per heavy atom. The van der Waals surface area contributed by atoms with Crippen LogP contribution >= 0.6 is 0 Å². The van der Waals surface area contributed by atoms with Crippen molar-refractivity contribution in [3.8, 4) is 0 Å². The van der Waals surface area contributed by atoms with Crippen molar-refractivity contribution in [3.63, 3.8) is 0 Å². The predicted octanol–water partition coefficient (Wildman–Crippen LogP) is 2.24. The molecule has 2 unspecified atom stereocenters. The maximum atomic E-state index is 12.6. The SMILES string of the molecule is Cc1cc(CNC2CC2)cc(S(=O)(=O)NC2CC2C)c1C. The van der Waals surface area contributed by atoms with Gasteiger partial charge < -0.3 is 5.32 Å². The molecular weight excluding hydrogens is 284 g/mol. The molecule has 2 aliphatic carbocycles. The fraction of sp³-hybridized carbons (Fsp3) is 0.625. The lowest BCUT2D eigenvalue weighted by molar-refractivity contribution is 0.577. The van der Waals surface area contributed by atoms with Crippen LogP contribution in [-0.2, 0) is 16.6 Å². The van der Waals surface area contributed by atoms with Gasteiger partial charge in [0.2, 0.25) is 10.0 Å². The van der Waals surface area contributed by atoms with Gasteiger partial charge in [-0.25, -0.2) is 13.1 Å². The molecule has 2 fully saturated rings. The number of hydrogen-bond donors (Lipinski definition) is 2. The lowest BCUT2D eigenvalue weighted by Gasteiger charge is -2.14. The van der Waals surface area contributed by atoms with Gasteiger partial charge in [0, 0.05) is 18.6 Å². The molecule has 1 aromatic rings. The van der Waals surface area contributed by atoms with E-state index in [1.807, 2.05) is 19.9 Å². The molecule has 0 heterocycles. The standard InChI is InChI=1S/C16H24N2O2S/c1-10-6-13(9-17-14-4-5-14)8-16(12(10)3)21(19,20)18-15-7-11(15)2/h6,8,11,14-15,17-18H,4-5,7,9H2,1-3H3. The fourth-order valence-electron chi connectivity index (χ4n) is 2.58. The first-order valence-electron chi connectivity index (χ1n) is 7.72. The Balaban J connectivity index is 1.84. The summed E-state index contributed by atoms with van der Waals surface area (Å²) in [7, 11) is -3.41. The molecule has 0 aromatic heterocycles. The summed E-state index contributed by atoms with van der Waals surface area (Å²) in [5.41, 5.74) is 2.94. The van der Waals surface area contributed by atoms with Crippen LogP contribution in [0.2, 0.25) is 0 Å². The molecular formula is C16H24N2O2S. The summed E-state index contributed by atoms with van der Waals surface area (Å²) in [5, 5.41) is 3.44. The van der Waals surface area contributed by atoms with E-state index in [0.29, 0.717) is 16.9 Å². The maximum absolute atomic E-state index is 12.6. The molecule has 0 saturated heterocycles. The molecule has 2 aliphatic rings. The van der Waals surface area contributed by atoms with E-state index in [1.165, 1.54) is 12.8 Å². The van der Waals surface area contributed by atoms with Crippen molar-refractivity contribution in [1.82, 2.24) is 10.0 Å². The van der Waals surface area contributed by atoms with Crippen LogP contribution in [0.1, 0.15) is 42.9 Å². The number of hydrogen-bond acceptors (Lipinski definition) is 3. The normalized spacial score (nSPS) is 25.1. The zero-order valence-corrected chi connectivity index (χ0v) is 13.8. The van der Waals surface area contributed by atoms with Crippen LogP contribution in [0.5, 0.6) is 0 Å². The van der Waals surface area contributed by atoms with E-state index in [1.54, 1.807) is 0 Å². The first kappa shape index (κ1) is 15.0. The van der Waals surface area contributed by atoms with E-state index in [9.17, 15) is 8.42 Å².